The van der Waals surface area contributed by atoms with E-state index in [9.17, 15) is 9.90 Å². The number of hydrogen-bond acceptors (Lipinski definition) is 7. The van der Waals surface area contributed by atoms with Gasteiger partial charge in [-0.2, -0.15) is 0 Å². The number of aliphatic hydroxyl groups is 1. The van der Waals surface area contributed by atoms with Crippen molar-refractivity contribution in [2.45, 2.75) is 31.9 Å². The molecular weight excluding hydrogens is 426 g/mol. The molecule has 3 aromatic rings. The van der Waals surface area contributed by atoms with Crippen LogP contribution in [0.15, 0.2) is 47.1 Å². The molecule has 0 radical (unpaired) electrons. The van der Waals surface area contributed by atoms with E-state index >= 15 is 0 Å². The average Bonchev–Trinajstić information content (AvgIpc) is 3.22. The molecule has 172 valence electrons. The number of fused-ring (bicyclic) bond motifs is 1. The molecule has 32 heavy (non-hydrogen) atoms. The summed E-state index contributed by atoms with van der Waals surface area (Å²) in [5.41, 5.74) is 1.66. The molecular formula is C24H31N3O4S. The number of ether oxygens (including phenoxy) is 2. The minimum absolute atomic E-state index is 0.152. The molecule has 1 atom stereocenters. The first-order valence-corrected chi connectivity index (χ1v) is 11.6. The lowest BCUT2D eigenvalue weighted by molar-refractivity contribution is 0.0928. The van der Waals surface area contributed by atoms with E-state index < -0.39 is 6.10 Å². The number of benzene rings is 1. The summed E-state index contributed by atoms with van der Waals surface area (Å²) in [6.07, 6.45) is 3.59. The Bertz CT molecular complexity index is 1060. The molecule has 8 heteroatoms. The Balaban J connectivity index is 1.82. The Morgan fingerprint density at radius 3 is 2.78 bits per heavy atom. The SMILES string of the molecule is C=CCCC(O)CN(CCCOC)Cc1nc2scc(-c3ccc(OC)cc3)c2c(=O)[nH]1. The van der Waals surface area contributed by atoms with Crippen molar-refractivity contribution in [3.63, 3.8) is 0 Å². The molecule has 0 amide bonds. The highest BCUT2D eigenvalue weighted by Gasteiger charge is 2.16. The van der Waals surface area contributed by atoms with Gasteiger partial charge >= 0.3 is 0 Å². The Hall–Kier alpha value is -2.52. The zero-order valence-corrected chi connectivity index (χ0v) is 19.5. The summed E-state index contributed by atoms with van der Waals surface area (Å²) in [6.45, 7) is 6.05. The summed E-state index contributed by atoms with van der Waals surface area (Å²) in [5, 5.41) is 12.9. The van der Waals surface area contributed by atoms with Crippen molar-refractivity contribution >= 4 is 21.6 Å². The van der Waals surface area contributed by atoms with Gasteiger partial charge < -0.3 is 19.6 Å². The topological polar surface area (TPSA) is 87.7 Å². The second kappa shape index (κ2) is 11.9. The molecule has 0 spiro atoms. The molecule has 0 saturated carbocycles. The molecule has 0 aliphatic heterocycles. The van der Waals surface area contributed by atoms with E-state index in [4.69, 9.17) is 14.5 Å². The summed E-state index contributed by atoms with van der Waals surface area (Å²) in [6, 6.07) is 7.64. The molecule has 3 rings (SSSR count). The normalized spacial score (nSPS) is 12.4. The lowest BCUT2D eigenvalue weighted by Gasteiger charge is -2.24. The predicted octanol–water partition coefficient (Wildman–Crippen LogP) is 3.83. The molecule has 2 heterocycles. The standard InChI is InChI=1S/C24H31N3O4S/c1-4-5-7-18(28)14-27(12-6-13-30-2)15-21-25-23(29)22-20(16-32-24(22)26-21)17-8-10-19(31-3)11-9-17/h4,8-11,16,18,28H,1,5-7,12-15H2,2-3H3,(H,25,26,29). The predicted molar refractivity (Wildman–Crippen MR) is 129 cm³/mol. The number of thiophene rings is 1. The number of nitrogens with zero attached hydrogens (tertiary/aromatic N) is 2. The quantitative estimate of drug-likeness (QED) is 0.300. The van der Waals surface area contributed by atoms with Crippen LogP contribution in [0.1, 0.15) is 25.1 Å². The molecule has 1 aromatic carbocycles. The number of allylic oxidation sites excluding steroid dienone is 1. The third-order valence-electron chi connectivity index (χ3n) is 5.26. The molecule has 0 saturated heterocycles. The van der Waals surface area contributed by atoms with Gasteiger partial charge in [-0.05, 0) is 37.0 Å². The van der Waals surface area contributed by atoms with Crippen LogP contribution >= 0.6 is 11.3 Å². The van der Waals surface area contributed by atoms with Crippen molar-refractivity contribution in [1.82, 2.24) is 14.9 Å². The Kier molecular flexibility index (Phi) is 8.99. The lowest BCUT2D eigenvalue weighted by Crippen LogP contribution is -2.34. The molecule has 0 bridgehead atoms. The largest absolute Gasteiger partial charge is 0.497 e. The van der Waals surface area contributed by atoms with Gasteiger partial charge in [-0.3, -0.25) is 9.69 Å². The Morgan fingerprint density at radius 1 is 1.31 bits per heavy atom. The van der Waals surface area contributed by atoms with E-state index in [0.717, 1.165) is 36.3 Å². The molecule has 7 nitrogen and oxygen atoms in total. The lowest BCUT2D eigenvalue weighted by atomic mass is 10.1. The van der Waals surface area contributed by atoms with Crippen LogP contribution in [0.25, 0.3) is 21.3 Å². The maximum atomic E-state index is 13.0. The third-order valence-corrected chi connectivity index (χ3v) is 6.14. The zero-order valence-electron chi connectivity index (χ0n) is 18.7. The fraction of sp³-hybridized carbons (Fsp3) is 0.417. The van der Waals surface area contributed by atoms with Gasteiger partial charge in [0.25, 0.3) is 5.56 Å². The van der Waals surface area contributed by atoms with Crippen LogP contribution in [0, 0.1) is 0 Å². The maximum absolute atomic E-state index is 13.0. The first kappa shape index (κ1) is 24.1. The summed E-state index contributed by atoms with van der Waals surface area (Å²) in [5.74, 6) is 1.37. The highest BCUT2D eigenvalue weighted by molar-refractivity contribution is 7.17. The van der Waals surface area contributed by atoms with Gasteiger partial charge in [-0.25, -0.2) is 4.98 Å². The number of aromatic nitrogens is 2. The molecule has 1 unspecified atom stereocenters. The van der Waals surface area contributed by atoms with Crippen LogP contribution < -0.4 is 10.3 Å². The van der Waals surface area contributed by atoms with E-state index in [1.807, 2.05) is 35.7 Å². The monoisotopic (exact) mass is 457 g/mol. The number of aliphatic hydroxyl groups excluding tert-OH is 1. The van der Waals surface area contributed by atoms with Crippen molar-refractivity contribution in [2.24, 2.45) is 0 Å². The average molecular weight is 458 g/mol. The Labute approximate surface area is 192 Å². The molecule has 2 N–H and O–H groups in total. The number of nitrogens with one attached hydrogen (secondary N) is 1. The molecule has 0 fully saturated rings. The van der Waals surface area contributed by atoms with Gasteiger partial charge in [0, 0.05) is 37.7 Å². The maximum Gasteiger partial charge on any atom is 0.260 e. The fourth-order valence-electron chi connectivity index (χ4n) is 3.63. The Morgan fingerprint density at radius 2 is 2.09 bits per heavy atom. The third kappa shape index (κ3) is 6.26. The van der Waals surface area contributed by atoms with E-state index in [-0.39, 0.29) is 5.56 Å². The van der Waals surface area contributed by atoms with E-state index in [2.05, 4.69) is 16.5 Å². The summed E-state index contributed by atoms with van der Waals surface area (Å²) < 4.78 is 10.4. The van der Waals surface area contributed by atoms with Gasteiger partial charge in [0.05, 0.1) is 25.1 Å². The van der Waals surface area contributed by atoms with Crippen molar-refractivity contribution in [3.8, 4) is 16.9 Å². The van der Waals surface area contributed by atoms with Crippen molar-refractivity contribution in [3.05, 3.63) is 58.5 Å². The van der Waals surface area contributed by atoms with E-state index in [1.165, 1.54) is 11.3 Å². The minimum atomic E-state index is -0.464. The number of H-pyrrole nitrogens is 1. The van der Waals surface area contributed by atoms with Crippen LogP contribution in [0.3, 0.4) is 0 Å². The fourth-order valence-corrected chi connectivity index (χ4v) is 4.60. The summed E-state index contributed by atoms with van der Waals surface area (Å²) in [4.78, 5) is 23.5. The molecule has 0 aliphatic rings. The van der Waals surface area contributed by atoms with Crippen molar-refractivity contribution < 1.29 is 14.6 Å². The van der Waals surface area contributed by atoms with E-state index in [1.54, 1.807) is 14.2 Å². The van der Waals surface area contributed by atoms with E-state index in [0.29, 0.717) is 42.2 Å². The zero-order chi connectivity index (χ0) is 22.9. The number of rotatable bonds is 13. The van der Waals surface area contributed by atoms with Crippen molar-refractivity contribution in [1.29, 1.82) is 0 Å². The molecule has 0 aliphatic carbocycles. The van der Waals surface area contributed by atoms with Gasteiger partial charge in [-0.1, -0.05) is 18.2 Å². The minimum Gasteiger partial charge on any atom is -0.497 e. The summed E-state index contributed by atoms with van der Waals surface area (Å²) >= 11 is 1.46. The van der Waals surface area contributed by atoms with Crippen molar-refractivity contribution in [2.75, 3.05) is 33.9 Å². The second-order valence-electron chi connectivity index (χ2n) is 7.67. The first-order chi connectivity index (χ1) is 15.5. The number of hydrogen-bond donors (Lipinski definition) is 2. The smallest absolute Gasteiger partial charge is 0.260 e. The number of aromatic amines is 1. The second-order valence-corrected chi connectivity index (χ2v) is 8.53. The van der Waals surface area contributed by atoms with Gasteiger partial charge in [0.15, 0.2) is 0 Å². The van der Waals surface area contributed by atoms with Gasteiger partial charge in [-0.15, -0.1) is 17.9 Å². The van der Waals surface area contributed by atoms with Gasteiger partial charge in [0.2, 0.25) is 0 Å². The van der Waals surface area contributed by atoms with Crippen LogP contribution in [0.5, 0.6) is 5.75 Å². The van der Waals surface area contributed by atoms with Crippen LogP contribution in [0.2, 0.25) is 0 Å². The summed E-state index contributed by atoms with van der Waals surface area (Å²) in [7, 11) is 3.30. The highest BCUT2D eigenvalue weighted by Crippen LogP contribution is 2.31. The van der Waals surface area contributed by atoms with Crippen LogP contribution in [-0.4, -0.2) is 60.0 Å². The molecule has 2 aromatic heterocycles. The number of methoxy groups -OCH3 is 2. The highest BCUT2D eigenvalue weighted by atomic mass is 32.1. The first-order valence-electron chi connectivity index (χ1n) is 10.7. The van der Waals surface area contributed by atoms with Crippen LogP contribution in [-0.2, 0) is 11.3 Å². The van der Waals surface area contributed by atoms with Crippen LogP contribution in [0.4, 0.5) is 0 Å². The van der Waals surface area contributed by atoms with Gasteiger partial charge in [0.1, 0.15) is 16.4 Å².